The molecule has 1 saturated heterocycles. The van der Waals surface area contributed by atoms with Crippen molar-refractivity contribution in [3.8, 4) is 32.8 Å². The predicted octanol–water partition coefficient (Wildman–Crippen LogP) is 6.50. The van der Waals surface area contributed by atoms with E-state index in [0.717, 1.165) is 76.7 Å². The van der Waals surface area contributed by atoms with Gasteiger partial charge >= 0.3 is 0 Å². The lowest BCUT2D eigenvalue weighted by molar-refractivity contribution is -0.127. The molecule has 10 heteroatoms. The average molecular weight is 593 g/mol. The Morgan fingerprint density at radius 3 is 2.54 bits per heavy atom. The number of nitrogens with one attached hydrogen (secondary N) is 1. The number of anilines is 1. The van der Waals surface area contributed by atoms with Gasteiger partial charge in [0.25, 0.3) is 0 Å². The third-order valence-corrected chi connectivity index (χ3v) is 11.5. The van der Waals surface area contributed by atoms with Crippen LogP contribution >= 0.6 is 21.9 Å². The Kier molecular flexibility index (Phi) is 7.72. The van der Waals surface area contributed by atoms with Crippen molar-refractivity contribution in [1.29, 1.82) is 5.26 Å². The van der Waals surface area contributed by atoms with Gasteiger partial charge in [0.05, 0.1) is 35.3 Å². The van der Waals surface area contributed by atoms with Crippen molar-refractivity contribution in [3.05, 3.63) is 54.2 Å². The van der Waals surface area contributed by atoms with Crippen LogP contribution in [-0.4, -0.2) is 57.2 Å². The summed E-state index contributed by atoms with van der Waals surface area (Å²) in [6, 6.07) is 18.6. The molecule has 2 heterocycles. The van der Waals surface area contributed by atoms with Gasteiger partial charge in [-0.05, 0) is 55.5 Å². The number of hydrogen-bond acceptors (Lipinski definition) is 8. The monoisotopic (exact) mass is 592 g/mol. The second kappa shape index (κ2) is 11.3. The molecular weight excluding hydrogens is 556 g/mol. The van der Waals surface area contributed by atoms with E-state index in [2.05, 4.69) is 40.6 Å². The fourth-order valence-corrected chi connectivity index (χ4v) is 8.34. The van der Waals surface area contributed by atoms with Gasteiger partial charge in [0.15, 0.2) is 0 Å². The first-order valence-corrected chi connectivity index (χ1v) is 17.0. The molecular formula is C31H36N4O4S2. The van der Waals surface area contributed by atoms with E-state index in [1.165, 1.54) is 0 Å². The second-order valence-electron chi connectivity index (χ2n) is 11.4. The number of nitrogens with zero attached hydrogens (tertiary/aromatic N) is 3. The summed E-state index contributed by atoms with van der Waals surface area (Å²) in [5, 5.41) is 13.5. The number of nitriles is 1. The minimum Gasteiger partial charge on any atom is -0.497 e. The first kappa shape index (κ1) is 28.0. The van der Waals surface area contributed by atoms with Gasteiger partial charge in [0.1, 0.15) is 16.3 Å². The number of benzene rings is 2. The van der Waals surface area contributed by atoms with E-state index in [0.29, 0.717) is 24.6 Å². The standard InChI is InChI=1S/C31H36N4O4S2/c1-39-24-6-4-5-22(19-24)30-33-27(25-7-2-3-8-26(25)29(36)34-31(20-32)13-14-31)28(40-30)21-9-11-23(12-10-21)35-15-17-41(37,38)18-16-35/h4-6,9-12,19,25-26,37-38H,2-3,7-8,13-18H2,1H3,(H,34,36)/t25-,26-/m1/s1. The van der Waals surface area contributed by atoms with E-state index >= 15 is 0 Å². The molecule has 0 unspecified atom stereocenters. The number of hydrogen-bond donors (Lipinski definition) is 3. The topological polar surface area (TPSA) is 119 Å². The first-order chi connectivity index (χ1) is 19.8. The minimum absolute atomic E-state index is 0.0259. The highest BCUT2D eigenvalue weighted by Gasteiger charge is 2.47. The smallest absolute Gasteiger partial charge is 0.225 e. The molecule has 3 N–H and O–H groups in total. The molecule has 216 valence electrons. The summed E-state index contributed by atoms with van der Waals surface area (Å²) in [7, 11) is -0.795. The largest absolute Gasteiger partial charge is 0.497 e. The van der Waals surface area contributed by atoms with Gasteiger partial charge < -0.3 is 15.0 Å². The van der Waals surface area contributed by atoms with Crippen LogP contribution in [0, 0.1) is 17.2 Å². The van der Waals surface area contributed by atoms with Crippen LogP contribution < -0.4 is 15.0 Å². The van der Waals surface area contributed by atoms with Gasteiger partial charge in [-0.2, -0.15) is 15.9 Å². The Morgan fingerprint density at radius 2 is 1.85 bits per heavy atom. The van der Waals surface area contributed by atoms with Crippen molar-refractivity contribution in [2.75, 3.05) is 36.6 Å². The lowest BCUT2D eigenvalue weighted by atomic mass is 9.76. The maximum atomic E-state index is 13.5. The zero-order chi connectivity index (χ0) is 28.6. The maximum absolute atomic E-state index is 13.5. The number of amides is 1. The molecule has 0 bridgehead atoms. The molecule has 8 nitrogen and oxygen atoms in total. The molecule has 2 saturated carbocycles. The van der Waals surface area contributed by atoms with E-state index < -0.39 is 16.1 Å². The van der Waals surface area contributed by atoms with Crippen molar-refractivity contribution in [2.24, 2.45) is 5.92 Å². The third-order valence-electron chi connectivity index (χ3n) is 8.62. The summed E-state index contributed by atoms with van der Waals surface area (Å²) in [6.07, 6.45) is 5.14. The molecule has 3 aromatic rings. The van der Waals surface area contributed by atoms with Crippen molar-refractivity contribution in [1.82, 2.24) is 10.3 Å². The molecule has 41 heavy (non-hydrogen) atoms. The summed E-state index contributed by atoms with van der Waals surface area (Å²) >= 11 is 1.64. The highest BCUT2D eigenvalue weighted by atomic mass is 32.3. The summed E-state index contributed by atoms with van der Waals surface area (Å²) in [5.74, 6) is 1.29. The summed E-state index contributed by atoms with van der Waals surface area (Å²) in [6.45, 7) is 1.24. The van der Waals surface area contributed by atoms with Gasteiger partial charge in [-0.3, -0.25) is 13.9 Å². The van der Waals surface area contributed by atoms with Crippen molar-refractivity contribution in [2.45, 2.75) is 50.0 Å². The fraction of sp³-hybridized carbons (Fsp3) is 0.452. The second-order valence-corrected chi connectivity index (χ2v) is 14.8. The Morgan fingerprint density at radius 1 is 1.12 bits per heavy atom. The van der Waals surface area contributed by atoms with Crippen LogP contribution in [0.25, 0.3) is 21.0 Å². The van der Waals surface area contributed by atoms with E-state index in [-0.39, 0.29) is 17.7 Å². The highest BCUT2D eigenvalue weighted by Crippen LogP contribution is 2.47. The van der Waals surface area contributed by atoms with Crippen LogP contribution in [0.4, 0.5) is 5.69 Å². The lowest BCUT2D eigenvalue weighted by Crippen LogP contribution is -2.42. The molecule has 1 aromatic heterocycles. The van der Waals surface area contributed by atoms with Crippen LogP contribution in [0.1, 0.15) is 50.1 Å². The van der Waals surface area contributed by atoms with Crippen LogP contribution in [0.2, 0.25) is 0 Å². The molecule has 0 radical (unpaired) electrons. The number of ether oxygens (including phenoxy) is 1. The maximum Gasteiger partial charge on any atom is 0.225 e. The zero-order valence-corrected chi connectivity index (χ0v) is 24.8. The molecule has 2 atom stereocenters. The fourth-order valence-electron chi connectivity index (χ4n) is 5.97. The van der Waals surface area contributed by atoms with Crippen LogP contribution in [0.3, 0.4) is 0 Å². The molecule has 3 aliphatic rings. The van der Waals surface area contributed by atoms with Crippen LogP contribution in [0.15, 0.2) is 48.5 Å². The van der Waals surface area contributed by atoms with E-state index in [1.54, 1.807) is 18.4 Å². The normalized spacial score (nSPS) is 23.7. The molecule has 6 rings (SSSR count). The van der Waals surface area contributed by atoms with Gasteiger partial charge in [0.2, 0.25) is 5.91 Å². The molecule has 2 aliphatic carbocycles. The molecule has 3 fully saturated rings. The summed E-state index contributed by atoms with van der Waals surface area (Å²) < 4.78 is 25.5. The molecule has 0 spiro atoms. The van der Waals surface area contributed by atoms with Crippen LogP contribution in [-0.2, 0) is 4.79 Å². The van der Waals surface area contributed by atoms with Gasteiger partial charge in [-0.1, -0.05) is 37.1 Å². The number of carbonyl (C=O) groups is 1. The van der Waals surface area contributed by atoms with Crippen LogP contribution in [0.5, 0.6) is 5.75 Å². The van der Waals surface area contributed by atoms with Gasteiger partial charge in [0, 0.05) is 36.2 Å². The quantitative estimate of drug-likeness (QED) is 0.286. The Balaban J connectivity index is 1.35. The van der Waals surface area contributed by atoms with E-state index in [1.807, 2.05) is 24.3 Å². The molecule has 2 aromatic carbocycles. The minimum atomic E-state index is -2.45. The predicted molar refractivity (Wildman–Crippen MR) is 165 cm³/mol. The zero-order valence-electron chi connectivity index (χ0n) is 23.2. The van der Waals surface area contributed by atoms with E-state index in [9.17, 15) is 19.2 Å². The average Bonchev–Trinajstić information content (AvgIpc) is 3.63. The van der Waals surface area contributed by atoms with E-state index in [4.69, 9.17) is 9.72 Å². The first-order valence-electron chi connectivity index (χ1n) is 14.3. The number of rotatable bonds is 7. The van der Waals surface area contributed by atoms with Gasteiger partial charge in [-0.15, -0.1) is 11.3 Å². The number of aromatic nitrogens is 1. The number of thiazole rings is 1. The Bertz CT molecular complexity index is 1450. The Labute approximate surface area is 246 Å². The van der Waals surface area contributed by atoms with Crippen molar-refractivity contribution in [3.63, 3.8) is 0 Å². The molecule has 1 amide bonds. The van der Waals surface area contributed by atoms with Crippen molar-refractivity contribution < 1.29 is 18.6 Å². The summed E-state index contributed by atoms with van der Waals surface area (Å²) in [4.78, 5) is 22.0. The number of carbonyl (C=O) groups excluding carboxylic acids is 1. The van der Waals surface area contributed by atoms with Crippen molar-refractivity contribution >= 4 is 33.5 Å². The van der Waals surface area contributed by atoms with Gasteiger partial charge in [-0.25, -0.2) is 4.98 Å². The lowest BCUT2D eigenvalue weighted by Gasteiger charge is -2.41. The molecule has 1 aliphatic heterocycles. The third kappa shape index (κ3) is 5.95. The Hall–Kier alpha value is -3.10. The number of methoxy groups -OCH3 is 1. The SMILES string of the molecule is COc1cccc(-c2nc([C@@H]3CCCC[C@H]3C(=O)NC3(C#N)CC3)c(-c3ccc(N4CCS(O)(O)CC4)cc3)s2)c1. The summed E-state index contributed by atoms with van der Waals surface area (Å²) in [5.41, 5.74) is 3.35. The highest BCUT2D eigenvalue weighted by molar-refractivity contribution is 8.24.